The van der Waals surface area contributed by atoms with Crippen LogP contribution in [0.2, 0.25) is 5.02 Å². The Balaban J connectivity index is 0.00000200. The maximum absolute atomic E-state index is 11.7. The Morgan fingerprint density at radius 2 is 2.15 bits per heavy atom. The SMILES string of the molecule is Cl.O=C(CC1CCCN1)NCCSc1ccc(Cl)cc1. The zero-order chi connectivity index (χ0) is 13.5. The lowest BCUT2D eigenvalue weighted by Crippen LogP contribution is -2.32. The van der Waals surface area contributed by atoms with Crippen LogP contribution >= 0.6 is 35.8 Å². The number of carbonyl (C=O) groups is 1. The number of amides is 1. The first kappa shape index (κ1) is 17.6. The predicted octanol–water partition coefficient (Wildman–Crippen LogP) is 3.11. The van der Waals surface area contributed by atoms with Crippen LogP contribution in [0, 0.1) is 0 Å². The first-order chi connectivity index (χ1) is 9.24. The Labute approximate surface area is 135 Å². The van der Waals surface area contributed by atoms with Gasteiger partial charge in [-0.3, -0.25) is 4.79 Å². The van der Waals surface area contributed by atoms with E-state index in [4.69, 9.17) is 11.6 Å². The summed E-state index contributed by atoms with van der Waals surface area (Å²) in [5.74, 6) is 1.03. The average Bonchev–Trinajstić information content (AvgIpc) is 2.89. The molecule has 20 heavy (non-hydrogen) atoms. The molecule has 1 aliphatic rings. The fourth-order valence-corrected chi connectivity index (χ4v) is 3.01. The van der Waals surface area contributed by atoms with Crippen molar-refractivity contribution in [2.24, 2.45) is 0 Å². The van der Waals surface area contributed by atoms with Crippen LogP contribution in [0.1, 0.15) is 19.3 Å². The molecular formula is C14H20Cl2N2OS. The van der Waals surface area contributed by atoms with E-state index in [0.29, 0.717) is 19.0 Å². The molecule has 0 spiro atoms. The number of hydrogen-bond donors (Lipinski definition) is 2. The van der Waals surface area contributed by atoms with Crippen LogP contribution < -0.4 is 10.6 Å². The van der Waals surface area contributed by atoms with Gasteiger partial charge in [0.25, 0.3) is 0 Å². The monoisotopic (exact) mass is 334 g/mol. The van der Waals surface area contributed by atoms with E-state index >= 15 is 0 Å². The molecule has 112 valence electrons. The number of nitrogens with one attached hydrogen (secondary N) is 2. The summed E-state index contributed by atoms with van der Waals surface area (Å²) >= 11 is 7.55. The number of benzene rings is 1. The summed E-state index contributed by atoms with van der Waals surface area (Å²) in [6.07, 6.45) is 2.91. The maximum Gasteiger partial charge on any atom is 0.221 e. The molecule has 0 saturated carbocycles. The quantitative estimate of drug-likeness (QED) is 0.620. The van der Waals surface area contributed by atoms with E-state index in [9.17, 15) is 4.79 Å². The molecule has 3 nitrogen and oxygen atoms in total. The molecule has 0 bridgehead atoms. The van der Waals surface area contributed by atoms with Gasteiger partial charge in [-0.1, -0.05) is 11.6 Å². The lowest BCUT2D eigenvalue weighted by molar-refractivity contribution is -0.121. The van der Waals surface area contributed by atoms with Crippen molar-refractivity contribution in [1.29, 1.82) is 0 Å². The van der Waals surface area contributed by atoms with Crippen molar-refractivity contribution in [3.63, 3.8) is 0 Å². The highest BCUT2D eigenvalue weighted by atomic mass is 35.5. The molecule has 6 heteroatoms. The standard InChI is InChI=1S/C14H19ClN2OS.ClH/c15-11-3-5-13(6-4-11)19-9-8-17-14(18)10-12-2-1-7-16-12;/h3-6,12,16H,1-2,7-10H2,(H,17,18);1H. The molecular weight excluding hydrogens is 315 g/mol. The predicted molar refractivity (Wildman–Crippen MR) is 88.1 cm³/mol. The second-order valence-corrected chi connectivity index (χ2v) is 6.25. The van der Waals surface area contributed by atoms with Gasteiger partial charge in [0.1, 0.15) is 0 Å². The maximum atomic E-state index is 11.7. The summed E-state index contributed by atoms with van der Waals surface area (Å²) in [6.45, 7) is 1.75. The summed E-state index contributed by atoms with van der Waals surface area (Å²) in [4.78, 5) is 12.9. The Morgan fingerprint density at radius 1 is 1.40 bits per heavy atom. The van der Waals surface area contributed by atoms with Gasteiger partial charge in [0.15, 0.2) is 0 Å². The van der Waals surface area contributed by atoms with Crippen LogP contribution in [0.3, 0.4) is 0 Å². The first-order valence-electron chi connectivity index (χ1n) is 6.62. The van der Waals surface area contributed by atoms with E-state index in [2.05, 4.69) is 10.6 Å². The molecule has 1 fully saturated rings. The summed E-state index contributed by atoms with van der Waals surface area (Å²) in [5.41, 5.74) is 0. The van der Waals surface area contributed by atoms with Crippen LogP contribution in [-0.2, 0) is 4.79 Å². The molecule has 1 aromatic rings. The molecule has 1 aromatic carbocycles. The van der Waals surface area contributed by atoms with E-state index in [1.807, 2.05) is 24.3 Å². The van der Waals surface area contributed by atoms with E-state index in [1.54, 1.807) is 11.8 Å². The van der Waals surface area contributed by atoms with Gasteiger partial charge >= 0.3 is 0 Å². The third-order valence-corrected chi connectivity index (χ3v) is 4.37. The topological polar surface area (TPSA) is 41.1 Å². The molecule has 1 aliphatic heterocycles. The molecule has 1 saturated heterocycles. The molecule has 2 N–H and O–H groups in total. The van der Waals surface area contributed by atoms with Crippen molar-refractivity contribution >= 4 is 41.7 Å². The first-order valence-corrected chi connectivity index (χ1v) is 7.99. The fourth-order valence-electron chi connectivity index (χ4n) is 2.12. The lowest BCUT2D eigenvalue weighted by Gasteiger charge is -2.10. The largest absolute Gasteiger partial charge is 0.355 e. The Kier molecular flexibility index (Phi) is 8.38. The van der Waals surface area contributed by atoms with Crippen LogP contribution in [0.5, 0.6) is 0 Å². The molecule has 1 heterocycles. The molecule has 1 amide bonds. The van der Waals surface area contributed by atoms with Gasteiger partial charge in [0.2, 0.25) is 5.91 Å². The number of thioether (sulfide) groups is 1. The van der Waals surface area contributed by atoms with Crippen molar-refractivity contribution < 1.29 is 4.79 Å². The van der Waals surface area contributed by atoms with Gasteiger partial charge in [-0.25, -0.2) is 0 Å². The summed E-state index contributed by atoms with van der Waals surface area (Å²) in [5, 5.41) is 7.05. The van der Waals surface area contributed by atoms with Crippen molar-refractivity contribution in [2.75, 3.05) is 18.8 Å². The van der Waals surface area contributed by atoms with Crippen LogP contribution in [0.4, 0.5) is 0 Å². The van der Waals surface area contributed by atoms with Crippen LogP contribution in [-0.4, -0.2) is 30.8 Å². The molecule has 0 radical (unpaired) electrons. The minimum Gasteiger partial charge on any atom is -0.355 e. The van der Waals surface area contributed by atoms with E-state index in [-0.39, 0.29) is 18.3 Å². The molecule has 0 aliphatic carbocycles. The Bertz CT molecular complexity index is 408. The zero-order valence-corrected chi connectivity index (χ0v) is 13.6. The number of carbonyl (C=O) groups excluding carboxylic acids is 1. The third kappa shape index (κ3) is 6.35. The average molecular weight is 335 g/mol. The molecule has 1 atom stereocenters. The fraction of sp³-hybridized carbons (Fsp3) is 0.500. The summed E-state index contributed by atoms with van der Waals surface area (Å²) in [6, 6.07) is 8.14. The highest BCUT2D eigenvalue weighted by Gasteiger charge is 2.16. The Hall–Kier alpha value is -0.420. The van der Waals surface area contributed by atoms with Crippen molar-refractivity contribution in [3.8, 4) is 0 Å². The van der Waals surface area contributed by atoms with Crippen molar-refractivity contribution in [2.45, 2.75) is 30.2 Å². The van der Waals surface area contributed by atoms with Gasteiger partial charge in [-0.15, -0.1) is 24.2 Å². The zero-order valence-electron chi connectivity index (χ0n) is 11.2. The van der Waals surface area contributed by atoms with Crippen LogP contribution in [0.15, 0.2) is 29.2 Å². The van der Waals surface area contributed by atoms with Gasteiger partial charge in [0.05, 0.1) is 0 Å². The lowest BCUT2D eigenvalue weighted by atomic mass is 10.1. The van der Waals surface area contributed by atoms with Crippen LogP contribution in [0.25, 0.3) is 0 Å². The second kappa shape index (κ2) is 9.50. The van der Waals surface area contributed by atoms with Crippen molar-refractivity contribution in [1.82, 2.24) is 10.6 Å². The van der Waals surface area contributed by atoms with E-state index < -0.39 is 0 Å². The molecule has 0 aromatic heterocycles. The summed E-state index contributed by atoms with van der Waals surface area (Å²) < 4.78 is 0. The van der Waals surface area contributed by atoms with Gasteiger partial charge in [-0.05, 0) is 43.7 Å². The molecule has 2 rings (SSSR count). The number of halogens is 2. The normalized spacial score (nSPS) is 17.6. The van der Waals surface area contributed by atoms with E-state index in [0.717, 1.165) is 23.7 Å². The molecule has 1 unspecified atom stereocenters. The van der Waals surface area contributed by atoms with Gasteiger partial charge in [-0.2, -0.15) is 0 Å². The minimum absolute atomic E-state index is 0. The second-order valence-electron chi connectivity index (χ2n) is 4.65. The van der Waals surface area contributed by atoms with Gasteiger partial charge in [0, 0.05) is 34.7 Å². The van der Waals surface area contributed by atoms with E-state index in [1.165, 1.54) is 11.3 Å². The van der Waals surface area contributed by atoms with Gasteiger partial charge < -0.3 is 10.6 Å². The smallest absolute Gasteiger partial charge is 0.221 e. The number of rotatable bonds is 6. The number of hydrogen-bond acceptors (Lipinski definition) is 3. The summed E-state index contributed by atoms with van der Waals surface area (Å²) in [7, 11) is 0. The third-order valence-electron chi connectivity index (χ3n) is 3.10. The highest BCUT2D eigenvalue weighted by Crippen LogP contribution is 2.19. The minimum atomic E-state index is 0. The van der Waals surface area contributed by atoms with Crippen molar-refractivity contribution in [3.05, 3.63) is 29.3 Å². The Morgan fingerprint density at radius 3 is 2.80 bits per heavy atom. The highest BCUT2D eigenvalue weighted by molar-refractivity contribution is 7.99.